The zero-order valence-electron chi connectivity index (χ0n) is 11.7. The van der Waals surface area contributed by atoms with Crippen LogP contribution in [0.4, 0.5) is 0 Å². The lowest BCUT2D eigenvalue weighted by molar-refractivity contribution is 0.0942. The van der Waals surface area contributed by atoms with E-state index in [4.69, 9.17) is 0 Å². The highest BCUT2D eigenvalue weighted by Crippen LogP contribution is 2.23. The topological polar surface area (TPSA) is 38.0 Å². The Morgan fingerprint density at radius 2 is 1.89 bits per heavy atom. The van der Waals surface area contributed by atoms with Crippen molar-refractivity contribution in [2.45, 2.75) is 45.3 Å². The lowest BCUT2D eigenvalue weighted by Gasteiger charge is -2.21. The summed E-state index contributed by atoms with van der Waals surface area (Å²) in [4.78, 5) is 0. The molecule has 0 aliphatic heterocycles. The molecule has 0 radical (unpaired) electrons. The third-order valence-electron chi connectivity index (χ3n) is 3.50. The fraction of sp³-hybridized carbons (Fsp3) is 0.438. The molecule has 0 aliphatic carbocycles. The Balaban J connectivity index is 2.20. The molecule has 2 unspecified atom stereocenters. The molecule has 0 saturated heterocycles. The molecule has 3 nitrogen and oxygen atoms in total. The largest absolute Gasteiger partial charge is 0.391 e. The van der Waals surface area contributed by atoms with Gasteiger partial charge in [0.1, 0.15) is 0 Å². The molecule has 1 N–H and O–H groups in total. The highest BCUT2D eigenvalue weighted by molar-refractivity contribution is 5.61. The maximum absolute atomic E-state index is 10.2. The van der Waals surface area contributed by atoms with Crippen LogP contribution in [0.1, 0.15) is 39.2 Å². The Morgan fingerprint density at radius 1 is 1.16 bits per heavy atom. The number of aliphatic hydroxyl groups excluding tert-OH is 1. The number of hydrogen-bond acceptors (Lipinski definition) is 2. The van der Waals surface area contributed by atoms with Gasteiger partial charge in [0, 0.05) is 11.8 Å². The molecule has 19 heavy (non-hydrogen) atoms. The summed E-state index contributed by atoms with van der Waals surface area (Å²) in [5, 5.41) is 14.6. The van der Waals surface area contributed by atoms with Gasteiger partial charge < -0.3 is 5.11 Å². The van der Waals surface area contributed by atoms with Crippen LogP contribution in [0.25, 0.3) is 11.1 Å². The van der Waals surface area contributed by atoms with Crippen molar-refractivity contribution in [3.63, 3.8) is 0 Å². The summed E-state index contributed by atoms with van der Waals surface area (Å²) >= 11 is 0. The molecule has 2 atom stereocenters. The van der Waals surface area contributed by atoms with Crippen molar-refractivity contribution >= 4 is 0 Å². The van der Waals surface area contributed by atoms with Gasteiger partial charge in [-0.25, -0.2) is 0 Å². The predicted octanol–water partition coefficient (Wildman–Crippen LogP) is 3.66. The van der Waals surface area contributed by atoms with Crippen LogP contribution < -0.4 is 0 Å². The van der Waals surface area contributed by atoms with Gasteiger partial charge in [0.25, 0.3) is 0 Å². The van der Waals surface area contributed by atoms with Crippen molar-refractivity contribution in [2.24, 2.45) is 0 Å². The predicted molar refractivity (Wildman–Crippen MR) is 77.9 cm³/mol. The molecule has 0 spiro atoms. The summed E-state index contributed by atoms with van der Waals surface area (Å²) in [7, 11) is 0. The van der Waals surface area contributed by atoms with E-state index in [0.29, 0.717) is 0 Å². The van der Waals surface area contributed by atoms with Crippen LogP contribution in [0.3, 0.4) is 0 Å². The first-order valence-electron chi connectivity index (χ1n) is 7.03. The Morgan fingerprint density at radius 3 is 2.53 bits per heavy atom. The molecule has 102 valence electrons. The molecular formula is C16H22N2O. The molecule has 1 aromatic heterocycles. The first kappa shape index (κ1) is 13.8. The molecule has 0 bridgehead atoms. The summed E-state index contributed by atoms with van der Waals surface area (Å²) in [5.41, 5.74) is 2.26. The Bertz CT molecular complexity index is 492. The van der Waals surface area contributed by atoms with Gasteiger partial charge in [0.05, 0.1) is 18.3 Å². The third kappa shape index (κ3) is 3.24. The lowest BCUT2D eigenvalue weighted by Crippen LogP contribution is -2.23. The highest BCUT2D eigenvalue weighted by atomic mass is 16.3. The van der Waals surface area contributed by atoms with E-state index in [-0.39, 0.29) is 12.1 Å². The lowest BCUT2D eigenvalue weighted by atomic mass is 10.0. The zero-order chi connectivity index (χ0) is 13.7. The summed E-state index contributed by atoms with van der Waals surface area (Å²) < 4.78 is 1.91. The van der Waals surface area contributed by atoms with Gasteiger partial charge in [-0.2, -0.15) is 5.10 Å². The minimum absolute atomic E-state index is 0.0670. The zero-order valence-corrected chi connectivity index (χ0v) is 11.7. The number of rotatable bonds is 6. The molecule has 0 aliphatic rings. The van der Waals surface area contributed by atoms with Crippen molar-refractivity contribution in [2.75, 3.05) is 0 Å². The number of benzene rings is 1. The van der Waals surface area contributed by atoms with Gasteiger partial charge in [0.15, 0.2) is 0 Å². The van der Waals surface area contributed by atoms with Crippen LogP contribution in [0.15, 0.2) is 42.7 Å². The van der Waals surface area contributed by atoms with Crippen LogP contribution in [0, 0.1) is 0 Å². The molecule has 0 amide bonds. The molecule has 0 saturated carbocycles. The standard InChI is InChI=1S/C16H22N2O/c1-3-8-16(19)15(4-2)18-12-14(11-17-18)13-9-6-5-7-10-13/h5-7,9-12,15-16,19H,3-4,8H2,1-2H3. The van der Waals surface area contributed by atoms with Crippen molar-refractivity contribution in [1.29, 1.82) is 0 Å². The summed E-state index contributed by atoms with van der Waals surface area (Å²) in [5.74, 6) is 0. The van der Waals surface area contributed by atoms with Crippen molar-refractivity contribution in [1.82, 2.24) is 9.78 Å². The number of nitrogens with zero attached hydrogens (tertiary/aromatic N) is 2. The quantitative estimate of drug-likeness (QED) is 0.858. The summed E-state index contributed by atoms with van der Waals surface area (Å²) in [6.07, 6.45) is 6.28. The fourth-order valence-electron chi connectivity index (χ4n) is 2.42. The van der Waals surface area contributed by atoms with Gasteiger partial charge in [-0.05, 0) is 18.4 Å². The molecular weight excluding hydrogens is 236 g/mol. The average Bonchev–Trinajstić information content (AvgIpc) is 2.90. The molecule has 1 heterocycles. The van der Waals surface area contributed by atoms with Crippen LogP contribution in [-0.4, -0.2) is 21.0 Å². The number of hydrogen-bond donors (Lipinski definition) is 1. The molecule has 1 aromatic carbocycles. The minimum Gasteiger partial charge on any atom is -0.391 e. The SMILES string of the molecule is CCCC(O)C(CC)n1cc(-c2ccccc2)cn1. The first-order valence-corrected chi connectivity index (χ1v) is 7.03. The smallest absolute Gasteiger partial charge is 0.0775 e. The average molecular weight is 258 g/mol. The van der Waals surface area contributed by atoms with E-state index >= 15 is 0 Å². The number of aliphatic hydroxyl groups is 1. The van der Waals surface area contributed by atoms with E-state index in [9.17, 15) is 5.11 Å². The normalized spacial score (nSPS) is 14.3. The van der Waals surface area contributed by atoms with Crippen LogP contribution in [0.2, 0.25) is 0 Å². The molecule has 2 rings (SSSR count). The Hall–Kier alpha value is -1.61. The van der Waals surface area contributed by atoms with Crippen molar-refractivity contribution in [3.8, 4) is 11.1 Å². The second-order valence-corrected chi connectivity index (χ2v) is 4.91. The second-order valence-electron chi connectivity index (χ2n) is 4.91. The highest BCUT2D eigenvalue weighted by Gasteiger charge is 2.19. The van der Waals surface area contributed by atoms with E-state index in [1.165, 1.54) is 0 Å². The van der Waals surface area contributed by atoms with Gasteiger partial charge >= 0.3 is 0 Å². The van der Waals surface area contributed by atoms with Gasteiger partial charge in [0.2, 0.25) is 0 Å². The monoisotopic (exact) mass is 258 g/mol. The van der Waals surface area contributed by atoms with Gasteiger partial charge in [-0.1, -0.05) is 50.6 Å². The van der Waals surface area contributed by atoms with Crippen LogP contribution >= 0.6 is 0 Å². The molecule has 3 heteroatoms. The summed E-state index contributed by atoms with van der Waals surface area (Å²) in [6, 6.07) is 10.3. The summed E-state index contributed by atoms with van der Waals surface area (Å²) in [6.45, 7) is 4.18. The molecule has 2 aromatic rings. The first-order chi connectivity index (χ1) is 9.26. The van der Waals surface area contributed by atoms with Crippen LogP contribution in [-0.2, 0) is 0 Å². The van der Waals surface area contributed by atoms with Gasteiger partial charge in [-0.15, -0.1) is 0 Å². The van der Waals surface area contributed by atoms with Gasteiger partial charge in [-0.3, -0.25) is 4.68 Å². The van der Waals surface area contributed by atoms with Crippen LogP contribution in [0.5, 0.6) is 0 Å². The van der Waals surface area contributed by atoms with E-state index in [1.54, 1.807) is 0 Å². The molecule has 0 fully saturated rings. The van der Waals surface area contributed by atoms with E-state index in [2.05, 4.69) is 31.1 Å². The third-order valence-corrected chi connectivity index (χ3v) is 3.50. The Labute approximate surface area is 114 Å². The van der Waals surface area contributed by atoms with E-state index < -0.39 is 0 Å². The van der Waals surface area contributed by atoms with E-state index in [0.717, 1.165) is 30.4 Å². The van der Waals surface area contributed by atoms with E-state index in [1.807, 2.05) is 35.3 Å². The fourth-order valence-corrected chi connectivity index (χ4v) is 2.42. The maximum Gasteiger partial charge on any atom is 0.0775 e. The minimum atomic E-state index is -0.321. The van der Waals surface area contributed by atoms with Crippen molar-refractivity contribution in [3.05, 3.63) is 42.7 Å². The van der Waals surface area contributed by atoms with Crippen molar-refractivity contribution < 1.29 is 5.11 Å². The second kappa shape index (κ2) is 6.53. The Kier molecular flexibility index (Phi) is 4.74. The number of aromatic nitrogens is 2. The maximum atomic E-state index is 10.2.